The van der Waals surface area contributed by atoms with Crippen molar-refractivity contribution in [3.05, 3.63) is 17.3 Å². The van der Waals surface area contributed by atoms with E-state index in [9.17, 15) is 13.2 Å². The minimum absolute atomic E-state index is 0.00164. The van der Waals surface area contributed by atoms with Crippen molar-refractivity contribution >= 4 is 0 Å². The van der Waals surface area contributed by atoms with Crippen molar-refractivity contribution in [1.29, 1.82) is 0 Å². The summed E-state index contributed by atoms with van der Waals surface area (Å²) in [6.07, 6.45) is -5.07. The molecule has 7 heteroatoms. The van der Waals surface area contributed by atoms with Crippen molar-refractivity contribution in [2.24, 2.45) is 0 Å². The predicted octanol–water partition coefficient (Wildman–Crippen LogP) is 2.48. The number of aromatic nitrogens is 1. The van der Waals surface area contributed by atoms with Crippen LogP contribution < -0.4 is 5.32 Å². The Labute approximate surface area is 103 Å². The van der Waals surface area contributed by atoms with Crippen molar-refractivity contribution in [2.75, 3.05) is 19.7 Å². The summed E-state index contributed by atoms with van der Waals surface area (Å²) in [6, 6.07) is 0. The van der Waals surface area contributed by atoms with Crippen molar-refractivity contribution in [3.8, 4) is 0 Å². The molecule has 1 fully saturated rings. The molecule has 102 valence electrons. The molecule has 2 heterocycles. The lowest BCUT2D eigenvalue weighted by Crippen LogP contribution is -2.33. The fraction of sp³-hybridized carbons (Fsp3) is 0.727. The van der Waals surface area contributed by atoms with Crippen LogP contribution in [0.15, 0.2) is 4.42 Å². The molecule has 0 saturated carbocycles. The number of hydrogen-bond donors (Lipinski definition) is 1. The summed E-state index contributed by atoms with van der Waals surface area (Å²) in [4.78, 5) is 3.95. The first-order valence-electron chi connectivity index (χ1n) is 5.79. The summed E-state index contributed by atoms with van der Waals surface area (Å²) in [6.45, 7) is 4.83. The maximum Gasteiger partial charge on any atom is 0.451 e. The average molecular weight is 264 g/mol. The molecule has 1 aromatic rings. The highest BCUT2D eigenvalue weighted by atomic mass is 19.4. The van der Waals surface area contributed by atoms with E-state index >= 15 is 0 Å². The van der Waals surface area contributed by atoms with Crippen LogP contribution in [0, 0.1) is 0 Å². The molecule has 0 aliphatic carbocycles. The normalized spacial score (nSPS) is 21.6. The van der Waals surface area contributed by atoms with E-state index in [0.29, 0.717) is 19.7 Å². The van der Waals surface area contributed by atoms with Crippen molar-refractivity contribution in [3.63, 3.8) is 0 Å². The molecule has 1 aromatic heterocycles. The Morgan fingerprint density at radius 1 is 1.39 bits per heavy atom. The highest BCUT2D eigenvalue weighted by Gasteiger charge is 2.41. The van der Waals surface area contributed by atoms with Crippen LogP contribution in [0.5, 0.6) is 0 Å². The first-order chi connectivity index (χ1) is 8.39. The van der Waals surface area contributed by atoms with E-state index in [4.69, 9.17) is 9.15 Å². The smallest absolute Gasteiger partial charge is 0.433 e. The van der Waals surface area contributed by atoms with E-state index < -0.39 is 18.0 Å². The van der Waals surface area contributed by atoms with Gasteiger partial charge in [0.2, 0.25) is 11.7 Å². The maximum absolute atomic E-state index is 12.8. The highest BCUT2D eigenvalue weighted by Crippen LogP contribution is 2.37. The summed E-state index contributed by atoms with van der Waals surface area (Å²) in [5, 5.41) is 3.02. The van der Waals surface area contributed by atoms with Gasteiger partial charge >= 0.3 is 6.18 Å². The lowest BCUT2D eigenvalue weighted by atomic mass is 10.1. The molecule has 0 bridgehead atoms. The third-order valence-corrected chi connectivity index (χ3v) is 2.68. The Kier molecular flexibility index (Phi) is 3.63. The van der Waals surface area contributed by atoms with E-state index in [1.54, 1.807) is 13.8 Å². The topological polar surface area (TPSA) is 47.3 Å². The van der Waals surface area contributed by atoms with E-state index in [-0.39, 0.29) is 17.5 Å². The van der Waals surface area contributed by atoms with Crippen LogP contribution in [0.2, 0.25) is 0 Å². The molecule has 4 nitrogen and oxygen atoms in total. The van der Waals surface area contributed by atoms with Gasteiger partial charge in [-0.1, -0.05) is 13.8 Å². The fourth-order valence-corrected chi connectivity index (χ4v) is 1.81. The zero-order valence-corrected chi connectivity index (χ0v) is 10.2. The van der Waals surface area contributed by atoms with Gasteiger partial charge in [-0.3, -0.25) is 0 Å². The first kappa shape index (κ1) is 13.4. The van der Waals surface area contributed by atoms with E-state index in [0.717, 1.165) is 0 Å². The van der Waals surface area contributed by atoms with Crippen LogP contribution in [-0.4, -0.2) is 24.7 Å². The van der Waals surface area contributed by atoms with Crippen LogP contribution >= 0.6 is 0 Å². The first-order valence-corrected chi connectivity index (χ1v) is 5.79. The largest absolute Gasteiger partial charge is 0.451 e. The molecule has 1 atom stereocenters. The van der Waals surface area contributed by atoms with Gasteiger partial charge in [-0.2, -0.15) is 13.2 Å². The molecule has 18 heavy (non-hydrogen) atoms. The second-order valence-electron chi connectivity index (χ2n) is 4.48. The van der Waals surface area contributed by atoms with Crippen LogP contribution in [0.3, 0.4) is 0 Å². The summed E-state index contributed by atoms with van der Waals surface area (Å²) in [7, 11) is 0. The Morgan fingerprint density at radius 2 is 2.11 bits per heavy atom. The highest BCUT2D eigenvalue weighted by molar-refractivity contribution is 5.18. The van der Waals surface area contributed by atoms with Crippen molar-refractivity contribution in [1.82, 2.24) is 10.3 Å². The molecule has 1 unspecified atom stereocenters. The second-order valence-corrected chi connectivity index (χ2v) is 4.48. The molecule has 1 aliphatic heterocycles. The van der Waals surface area contributed by atoms with E-state index in [1.807, 2.05) is 0 Å². The maximum atomic E-state index is 12.8. The van der Waals surface area contributed by atoms with Gasteiger partial charge in [0.05, 0.1) is 12.3 Å². The Morgan fingerprint density at radius 3 is 2.56 bits per heavy atom. The van der Waals surface area contributed by atoms with Gasteiger partial charge in [-0.05, 0) is 5.92 Å². The quantitative estimate of drug-likeness (QED) is 0.891. The molecule has 1 saturated heterocycles. The minimum Gasteiger partial charge on any atom is -0.433 e. The standard InChI is InChI=1S/C11H15F3N2O2/c1-6(2)8-9(11(12,13)14)18-10(16-8)7-5-15-3-4-17-7/h6-7,15H,3-5H2,1-2H3. The van der Waals surface area contributed by atoms with Crippen LogP contribution in [0.1, 0.15) is 43.2 Å². The Balaban J connectivity index is 2.32. The molecule has 1 aliphatic rings. The third-order valence-electron chi connectivity index (χ3n) is 2.68. The number of nitrogens with zero attached hydrogens (tertiary/aromatic N) is 1. The monoisotopic (exact) mass is 264 g/mol. The van der Waals surface area contributed by atoms with Crippen LogP contribution in [-0.2, 0) is 10.9 Å². The van der Waals surface area contributed by atoms with Gasteiger partial charge < -0.3 is 14.5 Å². The lowest BCUT2D eigenvalue weighted by Gasteiger charge is -2.20. The molecule has 0 amide bonds. The van der Waals surface area contributed by atoms with Crippen molar-refractivity contribution in [2.45, 2.75) is 32.0 Å². The Hall–Kier alpha value is -1.08. The zero-order chi connectivity index (χ0) is 13.3. The number of hydrogen-bond acceptors (Lipinski definition) is 4. The van der Waals surface area contributed by atoms with E-state index in [2.05, 4.69) is 10.3 Å². The summed E-state index contributed by atoms with van der Waals surface area (Å²) in [5.74, 6) is -1.37. The van der Waals surface area contributed by atoms with Gasteiger partial charge in [-0.15, -0.1) is 0 Å². The lowest BCUT2D eigenvalue weighted by molar-refractivity contribution is -0.155. The van der Waals surface area contributed by atoms with Gasteiger partial charge in [0.25, 0.3) is 0 Å². The van der Waals surface area contributed by atoms with Gasteiger partial charge in [0.15, 0.2) is 0 Å². The van der Waals surface area contributed by atoms with Crippen LogP contribution in [0.4, 0.5) is 13.2 Å². The number of halogens is 3. The molecular formula is C11H15F3N2O2. The zero-order valence-electron chi connectivity index (χ0n) is 10.2. The number of nitrogens with one attached hydrogen (secondary N) is 1. The molecule has 0 aromatic carbocycles. The van der Waals surface area contributed by atoms with Gasteiger partial charge in [0, 0.05) is 13.1 Å². The third kappa shape index (κ3) is 2.67. The molecule has 0 radical (unpaired) electrons. The Bertz CT molecular complexity index is 409. The molecule has 0 spiro atoms. The molecule has 2 rings (SSSR count). The molecule has 1 N–H and O–H groups in total. The van der Waals surface area contributed by atoms with Crippen LogP contribution in [0.25, 0.3) is 0 Å². The van der Waals surface area contributed by atoms with Gasteiger partial charge in [0.1, 0.15) is 6.10 Å². The number of rotatable bonds is 2. The fourth-order valence-electron chi connectivity index (χ4n) is 1.81. The number of alkyl halides is 3. The minimum atomic E-state index is -4.52. The van der Waals surface area contributed by atoms with Gasteiger partial charge in [-0.25, -0.2) is 4.98 Å². The summed E-state index contributed by atoms with van der Waals surface area (Å²) < 4.78 is 48.6. The summed E-state index contributed by atoms with van der Waals surface area (Å²) in [5.41, 5.74) is -0.0633. The van der Waals surface area contributed by atoms with E-state index in [1.165, 1.54) is 0 Å². The SMILES string of the molecule is CC(C)c1nc(C2CNCCO2)oc1C(F)(F)F. The van der Waals surface area contributed by atoms with Crippen molar-refractivity contribution < 1.29 is 22.3 Å². The predicted molar refractivity (Wildman–Crippen MR) is 57.2 cm³/mol. The number of morpholine rings is 1. The average Bonchev–Trinajstić information content (AvgIpc) is 2.74. The second kappa shape index (κ2) is 4.89. The number of ether oxygens (including phenoxy) is 1. The molecular weight excluding hydrogens is 249 g/mol. The summed E-state index contributed by atoms with van der Waals surface area (Å²) >= 11 is 0. The number of oxazole rings is 1.